The Bertz CT molecular complexity index is 302. The summed E-state index contributed by atoms with van der Waals surface area (Å²) in [4.78, 5) is 33.4. The number of carbonyl (C=O) groups excluding carboxylic acids is 3. The lowest BCUT2D eigenvalue weighted by atomic mass is 10.2. The van der Waals surface area contributed by atoms with Crippen molar-refractivity contribution in [1.82, 2.24) is 0 Å². The third kappa shape index (κ3) is 7.11. The molecule has 0 radical (unpaired) electrons. The van der Waals surface area contributed by atoms with E-state index < -0.39 is 29.6 Å². The molecule has 0 rings (SSSR count). The number of carbonyl (C=O) groups is 3. The molecule has 1 atom stereocenters. The van der Waals surface area contributed by atoms with Crippen molar-refractivity contribution < 1.29 is 28.6 Å². The first-order chi connectivity index (χ1) is 8.38. The average Bonchev–Trinajstić information content (AvgIpc) is 2.27. The Morgan fingerprint density at radius 2 is 1.72 bits per heavy atom. The predicted octanol–water partition coefficient (Wildman–Crippen LogP) is 2.23. The van der Waals surface area contributed by atoms with E-state index in [1.807, 2.05) is 6.92 Å². The summed E-state index contributed by atoms with van der Waals surface area (Å²) < 4.78 is 13.8. The van der Waals surface area contributed by atoms with Crippen molar-refractivity contribution in [3.63, 3.8) is 0 Å². The first-order valence-electron chi connectivity index (χ1n) is 5.61. The fourth-order valence-corrected chi connectivity index (χ4v) is 0.912. The Hall–Kier alpha value is -1.30. The van der Waals surface area contributed by atoms with Crippen LogP contribution >= 0.6 is 11.6 Å². The molecule has 0 fully saturated rings. The van der Waals surface area contributed by atoms with Crippen LogP contribution in [0.5, 0.6) is 0 Å². The minimum atomic E-state index is -1.75. The highest BCUT2D eigenvalue weighted by atomic mass is 35.5. The van der Waals surface area contributed by atoms with E-state index in [0.29, 0.717) is 6.42 Å². The van der Waals surface area contributed by atoms with Gasteiger partial charge in [-0.05, 0) is 6.42 Å². The third-order valence-electron chi connectivity index (χ3n) is 1.83. The molecule has 0 saturated carbocycles. The lowest BCUT2D eigenvalue weighted by Crippen LogP contribution is -2.34. The molecular weight excluding hydrogens is 264 g/mol. The SMILES string of the molecule is CCCCOC(=O)C(OC(=O)Cl)OC(=O)C(C)C. The Morgan fingerprint density at radius 1 is 1.11 bits per heavy atom. The molecule has 0 aromatic carbocycles. The molecule has 0 aromatic rings. The van der Waals surface area contributed by atoms with Gasteiger partial charge < -0.3 is 14.2 Å². The van der Waals surface area contributed by atoms with Crippen LogP contribution in [0, 0.1) is 5.92 Å². The standard InChI is InChI=1S/C11H17ClO6/c1-4-5-6-16-9(14)10(18-11(12)15)17-8(13)7(2)3/h7,10H,4-6H2,1-3H3. The summed E-state index contributed by atoms with van der Waals surface area (Å²) in [5, 5.41) is 0. The summed E-state index contributed by atoms with van der Waals surface area (Å²) in [6.07, 6.45) is -0.258. The molecule has 6 nitrogen and oxygen atoms in total. The van der Waals surface area contributed by atoms with Crippen molar-refractivity contribution in [2.45, 2.75) is 39.9 Å². The largest absolute Gasteiger partial charge is 0.460 e. The van der Waals surface area contributed by atoms with Crippen LogP contribution in [-0.4, -0.2) is 30.3 Å². The molecule has 0 bridgehead atoms. The highest BCUT2D eigenvalue weighted by Gasteiger charge is 2.29. The van der Waals surface area contributed by atoms with E-state index in [0.717, 1.165) is 6.42 Å². The smallest absolute Gasteiger partial charge is 0.407 e. The van der Waals surface area contributed by atoms with Crippen LogP contribution in [0.1, 0.15) is 33.6 Å². The molecule has 0 aliphatic rings. The van der Waals surface area contributed by atoms with Gasteiger partial charge in [0.2, 0.25) is 0 Å². The van der Waals surface area contributed by atoms with Crippen LogP contribution in [0.4, 0.5) is 4.79 Å². The maximum Gasteiger partial charge on any atom is 0.407 e. The van der Waals surface area contributed by atoms with Gasteiger partial charge in [0.05, 0.1) is 12.5 Å². The summed E-state index contributed by atoms with van der Waals surface area (Å²) in [5.74, 6) is -2.11. The van der Waals surface area contributed by atoms with Gasteiger partial charge in [-0.15, -0.1) is 0 Å². The molecule has 0 spiro atoms. The van der Waals surface area contributed by atoms with Gasteiger partial charge in [-0.2, -0.15) is 0 Å². The summed E-state index contributed by atoms with van der Waals surface area (Å²) in [5.41, 5.74) is -1.25. The Morgan fingerprint density at radius 3 is 2.17 bits per heavy atom. The van der Waals surface area contributed by atoms with Crippen molar-refractivity contribution in [3.8, 4) is 0 Å². The minimum Gasteiger partial charge on any atom is -0.460 e. The highest BCUT2D eigenvalue weighted by molar-refractivity contribution is 6.61. The van der Waals surface area contributed by atoms with Gasteiger partial charge in [0.1, 0.15) is 0 Å². The van der Waals surface area contributed by atoms with Crippen LogP contribution in [-0.2, 0) is 23.8 Å². The van der Waals surface area contributed by atoms with Crippen LogP contribution in [0.15, 0.2) is 0 Å². The maximum atomic E-state index is 11.5. The van der Waals surface area contributed by atoms with Gasteiger partial charge in [0.15, 0.2) is 0 Å². The van der Waals surface area contributed by atoms with E-state index >= 15 is 0 Å². The second-order valence-corrected chi connectivity index (χ2v) is 4.11. The van der Waals surface area contributed by atoms with Gasteiger partial charge in [0, 0.05) is 11.6 Å². The zero-order valence-electron chi connectivity index (χ0n) is 10.6. The highest BCUT2D eigenvalue weighted by Crippen LogP contribution is 2.07. The molecule has 0 amide bonds. The maximum absolute atomic E-state index is 11.5. The van der Waals surface area contributed by atoms with Crippen LogP contribution < -0.4 is 0 Å². The van der Waals surface area contributed by atoms with E-state index in [1.54, 1.807) is 13.8 Å². The summed E-state index contributed by atoms with van der Waals surface area (Å²) in [6.45, 7) is 5.22. The monoisotopic (exact) mass is 280 g/mol. The average molecular weight is 281 g/mol. The lowest BCUT2D eigenvalue weighted by molar-refractivity contribution is -0.191. The van der Waals surface area contributed by atoms with Crippen molar-refractivity contribution in [1.29, 1.82) is 0 Å². The number of hydrogen-bond donors (Lipinski definition) is 0. The lowest BCUT2D eigenvalue weighted by Gasteiger charge is -2.16. The molecule has 0 N–H and O–H groups in total. The number of halogens is 1. The fourth-order valence-electron chi connectivity index (χ4n) is 0.831. The van der Waals surface area contributed by atoms with Crippen molar-refractivity contribution in [2.24, 2.45) is 5.92 Å². The second-order valence-electron chi connectivity index (χ2n) is 3.80. The quantitative estimate of drug-likeness (QED) is 0.308. The number of esters is 2. The number of rotatable bonds is 7. The van der Waals surface area contributed by atoms with Crippen LogP contribution in [0.2, 0.25) is 0 Å². The van der Waals surface area contributed by atoms with E-state index in [4.69, 9.17) is 16.3 Å². The Labute approximate surface area is 111 Å². The Balaban J connectivity index is 4.42. The van der Waals surface area contributed by atoms with Crippen LogP contribution in [0.25, 0.3) is 0 Å². The van der Waals surface area contributed by atoms with E-state index in [1.165, 1.54) is 0 Å². The molecule has 0 aromatic heterocycles. The summed E-state index contributed by atoms with van der Waals surface area (Å²) in [6, 6.07) is 0. The van der Waals surface area contributed by atoms with Gasteiger partial charge in [-0.25, -0.2) is 9.59 Å². The minimum absolute atomic E-state index is 0.158. The molecule has 0 aliphatic heterocycles. The van der Waals surface area contributed by atoms with Gasteiger partial charge >= 0.3 is 23.7 Å². The van der Waals surface area contributed by atoms with Crippen molar-refractivity contribution >= 4 is 29.0 Å². The third-order valence-corrected chi connectivity index (χ3v) is 1.92. The fraction of sp³-hybridized carbons (Fsp3) is 0.727. The first kappa shape index (κ1) is 16.7. The van der Waals surface area contributed by atoms with Crippen molar-refractivity contribution in [2.75, 3.05) is 6.61 Å². The first-order valence-corrected chi connectivity index (χ1v) is 5.99. The number of hydrogen-bond acceptors (Lipinski definition) is 6. The summed E-state index contributed by atoms with van der Waals surface area (Å²) in [7, 11) is 0. The molecule has 7 heteroatoms. The molecule has 0 aliphatic carbocycles. The molecule has 1 unspecified atom stereocenters. The van der Waals surface area contributed by atoms with E-state index in [-0.39, 0.29) is 6.61 Å². The van der Waals surface area contributed by atoms with Crippen molar-refractivity contribution in [3.05, 3.63) is 0 Å². The van der Waals surface area contributed by atoms with E-state index in [9.17, 15) is 14.4 Å². The van der Waals surface area contributed by atoms with Gasteiger partial charge in [-0.3, -0.25) is 4.79 Å². The van der Waals surface area contributed by atoms with Gasteiger partial charge in [-0.1, -0.05) is 27.2 Å². The number of ether oxygens (including phenoxy) is 3. The Kier molecular flexibility index (Phi) is 8.11. The molecule has 0 saturated heterocycles. The second kappa shape index (κ2) is 8.74. The summed E-state index contributed by atoms with van der Waals surface area (Å²) >= 11 is 4.98. The normalized spacial score (nSPS) is 11.8. The van der Waals surface area contributed by atoms with Crippen LogP contribution in [0.3, 0.4) is 0 Å². The van der Waals surface area contributed by atoms with Gasteiger partial charge in [0.25, 0.3) is 0 Å². The molecule has 0 heterocycles. The zero-order chi connectivity index (χ0) is 14.1. The molecule has 18 heavy (non-hydrogen) atoms. The van der Waals surface area contributed by atoms with E-state index in [2.05, 4.69) is 9.47 Å². The number of unbranched alkanes of at least 4 members (excludes halogenated alkanes) is 1. The zero-order valence-corrected chi connectivity index (χ0v) is 11.4. The molecule has 104 valence electrons. The molecular formula is C11H17ClO6. The predicted molar refractivity (Wildman–Crippen MR) is 62.9 cm³/mol. The topological polar surface area (TPSA) is 78.9 Å².